The van der Waals surface area contributed by atoms with Crippen LogP contribution in [0.2, 0.25) is 0 Å². The lowest BCUT2D eigenvalue weighted by molar-refractivity contribution is -0.385. The molecule has 2 rings (SSSR count). The molecule has 0 aliphatic heterocycles. The number of phenols is 1. The lowest BCUT2D eigenvalue weighted by Gasteiger charge is -2.23. The molecule has 156 valence electrons. The minimum Gasteiger partial charge on any atom is -0.506 e. The number of phenolic OH excluding ortho intramolecular Hbond substituents is 1. The Hall–Kier alpha value is -2.83. The van der Waals surface area contributed by atoms with Crippen LogP contribution in [0.15, 0.2) is 45.9 Å². The highest BCUT2D eigenvalue weighted by atomic mass is 79.9. The van der Waals surface area contributed by atoms with Gasteiger partial charge in [0.1, 0.15) is 11.4 Å². The number of aromatic hydroxyl groups is 1. The second-order valence-corrected chi connectivity index (χ2v) is 6.27. The smallest absolute Gasteiger partial charge is 0.439 e. The first-order valence-electron chi connectivity index (χ1n) is 7.40. The molecule has 2 aromatic carbocycles. The van der Waals surface area contributed by atoms with Crippen LogP contribution < -0.4 is 4.74 Å². The minimum atomic E-state index is -5.86. The highest BCUT2D eigenvalue weighted by molar-refractivity contribution is 9.10. The molecule has 0 aliphatic carbocycles. The summed E-state index contributed by atoms with van der Waals surface area (Å²) in [5, 5.41) is 20.8. The standard InChI is InChI=1S/C16H9BrF6N2O4/c17-10-6-9(25(27)28)5-8(13(10)26)7-24-11-3-1-2-4-12(11)29-16(22,23)14(18)15(19,20)21/h1-7,14,26H. The summed E-state index contributed by atoms with van der Waals surface area (Å²) in [6.45, 7) is 0. The van der Waals surface area contributed by atoms with Gasteiger partial charge in [-0.15, -0.1) is 0 Å². The molecule has 13 heteroatoms. The fourth-order valence-electron chi connectivity index (χ4n) is 1.99. The molecule has 6 nitrogen and oxygen atoms in total. The third kappa shape index (κ3) is 5.37. The molecule has 0 bridgehead atoms. The first-order valence-corrected chi connectivity index (χ1v) is 8.20. The number of benzene rings is 2. The molecule has 1 unspecified atom stereocenters. The highest BCUT2D eigenvalue weighted by Crippen LogP contribution is 2.39. The van der Waals surface area contributed by atoms with Gasteiger partial charge in [-0.3, -0.25) is 15.1 Å². The van der Waals surface area contributed by atoms with E-state index in [1.165, 1.54) is 6.07 Å². The van der Waals surface area contributed by atoms with E-state index < -0.39 is 46.3 Å². The number of halogens is 7. The molecule has 0 radical (unpaired) electrons. The van der Waals surface area contributed by atoms with Gasteiger partial charge in [-0.25, -0.2) is 4.39 Å². The van der Waals surface area contributed by atoms with Crippen LogP contribution in [0.3, 0.4) is 0 Å². The van der Waals surface area contributed by atoms with E-state index in [2.05, 4.69) is 25.7 Å². The largest absolute Gasteiger partial charge is 0.506 e. The molecule has 0 amide bonds. The quantitative estimate of drug-likeness (QED) is 0.246. The van der Waals surface area contributed by atoms with Gasteiger partial charge in [0.25, 0.3) is 11.9 Å². The van der Waals surface area contributed by atoms with Crippen molar-refractivity contribution in [3.8, 4) is 11.5 Å². The van der Waals surface area contributed by atoms with Crippen LogP contribution in [0.5, 0.6) is 11.5 Å². The van der Waals surface area contributed by atoms with Crippen LogP contribution in [0.1, 0.15) is 5.56 Å². The van der Waals surface area contributed by atoms with E-state index in [4.69, 9.17) is 0 Å². The minimum absolute atomic E-state index is 0.0605. The predicted octanol–water partition coefficient (Wildman–Crippen LogP) is 5.69. The maximum atomic E-state index is 13.5. The zero-order valence-corrected chi connectivity index (χ0v) is 15.4. The number of nitro groups is 1. The molecule has 29 heavy (non-hydrogen) atoms. The Bertz CT molecular complexity index is 951. The summed E-state index contributed by atoms with van der Waals surface area (Å²) in [4.78, 5) is 13.8. The van der Waals surface area contributed by atoms with Crippen molar-refractivity contribution in [2.24, 2.45) is 4.99 Å². The highest BCUT2D eigenvalue weighted by Gasteiger charge is 2.59. The Balaban J connectivity index is 2.39. The number of rotatable bonds is 6. The maximum absolute atomic E-state index is 13.5. The van der Waals surface area contributed by atoms with Crippen molar-refractivity contribution >= 4 is 33.5 Å². The number of nitro benzene ring substituents is 1. The van der Waals surface area contributed by atoms with Crippen molar-refractivity contribution in [1.29, 1.82) is 0 Å². The number of ether oxygens (including phenoxy) is 1. The van der Waals surface area contributed by atoms with Gasteiger partial charge in [0, 0.05) is 23.9 Å². The monoisotopic (exact) mass is 486 g/mol. The molecule has 2 aromatic rings. The maximum Gasteiger partial charge on any atom is 0.439 e. The van der Waals surface area contributed by atoms with Crippen LogP contribution >= 0.6 is 15.9 Å². The molecule has 1 N–H and O–H groups in total. The number of non-ortho nitro benzene ring substituents is 1. The summed E-state index contributed by atoms with van der Waals surface area (Å²) >= 11 is 2.89. The molecule has 0 fully saturated rings. The molecule has 0 heterocycles. The fourth-order valence-corrected chi connectivity index (χ4v) is 2.45. The summed E-state index contributed by atoms with van der Waals surface area (Å²) in [6.07, 6.45) is -14.8. The van der Waals surface area contributed by atoms with Gasteiger partial charge < -0.3 is 9.84 Å². The van der Waals surface area contributed by atoms with Crippen molar-refractivity contribution in [3.05, 3.63) is 56.5 Å². The summed E-state index contributed by atoms with van der Waals surface area (Å²) in [5.74, 6) is -1.35. The van der Waals surface area contributed by atoms with Gasteiger partial charge in [-0.2, -0.15) is 22.0 Å². The van der Waals surface area contributed by atoms with Gasteiger partial charge in [0.2, 0.25) is 0 Å². The lowest BCUT2D eigenvalue weighted by atomic mass is 10.2. The van der Waals surface area contributed by atoms with Gasteiger partial charge in [-0.1, -0.05) is 12.1 Å². The average molecular weight is 487 g/mol. The van der Waals surface area contributed by atoms with Crippen molar-refractivity contribution in [1.82, 2.24) is 0 Å². The van der Waals surface area contributed by atoms with Crippen LogP contribution in [-0.4, -0.2) is 34.7 Å². The summed E-state index contributed by atoms with van der Waals surface area (Å²) in [5.41, 5.74) is -1.08. The lowest BCUT2D eigenvalue weighted by Crippen LogP contribution is -2.45. The summed E-state index contributed by atoms with van der Waals surface area (Å²) < 4.78 is 80.6. The van der Waals surface area contributed by atoms with Crippen molar-refractivity contribution in [2.45, 2.75) is 18.5 Å². The molecule has 0 aromatic heterocycles. The molecule has 0 saturated heterocycles. The summed E-state index contributed by atoms with van der Waals surface area (Å²) in [6, 6.07) is 6.22. The molecular weight excluding hydrogens is 478 g/mol. The number of nitrogens with zero attached hydrogens (tertiary/aromatic N) is 2. The van der Waals surface area contributed by atoms with Crippen LogP contribution in [0, 0.1) is 10.1 Å². The van der Waals surface area contributed by atoms with Crippen molar-refractivity contribution < 1.29 is 41.1 Å². The van der Waals surface area contributed by atoms with Crippen molar-refractivity contribution in [2.75, 3.05) is 0 Å². The third-order valence-corrected chi connectivity index (χ3v) is 3.93. The first-order chi connectivity index (χ1) is 13.3. The number of hydrogen-bond acceptors (Lipinski definition) is 5. The molecule has 0 aliphatic rings. The zero-order chi connectivity index (χ0) is 22.0. The average Bonchev–Trinajstić information content (AvgIpc) is 2.62. The predicted molar refractivity (Wildman–Crippen MR) is 92.7 cm³/mol. The van der Waals surface area contributed by atoms with Crippen LogP contribution in [-0.2, 0) is 0 Å². The Labute approximate surface area is 166 Å². The molecular formula is C16H9BrF6N2O4. The van der Waals surface area contributed by atoms with E-state index in [9.17, 15) is 41.6 Å². The van der Waals surface area contributed by atoms with E-state index in [1.807, 2.05) is 0 Å². The van der Waals surface area contributed by atoms with E-state index in [0.717, 1.165) is 36.5 Å². The van der Waals surface area contributed by atoms with Gasteiger partial charge >= 0.3 is 12.3 Å². The second-order valence-electron chi connectivity index (χ2n) is 5.42. The number of aliphatic imine (C=N–C) groups is 1. The van der Waals surface area contributed by atoms with E-state index in [1.54, 1.807) is 0 Å². The normalized spacial score (nSPS) is 13.5. The van der Waals surface area contributed by atoms with Gasteiger partial charge in [0.15, 0.2) is 5.75 Å². The second kappa shape index (κ2) is 8.27. The first kappa shape index (κ1) is 22.5. The van der Waals surface area contributed by atoms with Crippen molar-refractivity contribution in [3.63, 3.8) is 0 Å². The Morgan fingerprint density at radius 1 is 1.21 bits per heavy atom. The molecule has 1 atom stereocenters. The van der Waals surface area contributed by atoms with Crippen LogP contribution in [0.25, 0.3) is 0 Å². The summed E-state index contributed by atoms with van der Waals surface area (Å²) in [7, 11) is 0. The Morgan fingerprint density at radius 3 is 2.41 bits per heavy atom. The number of alkyl halides is 6. The van der Waals surface area contributed by atoms with E-state index in [0.29, 0.717) is 0 Å². The fraction of sp³-hybridized carbons (Fsp3) is 0.188. The van der Waals surface area contributed by atoms with Gasteiger partial charge in [-0.05, 0) is 28.1 Å². The van der Waals surface area contributed by atoms with E-state index in [-0.39, 0.29) is 10.0 Å². The Morgan fingerprint density at radius 2 is 1.83 bits per heavy atom. The SMILES string of the molecule is O=[N+]([O-])c1cc(Br)c(O)c(C=Nc2ccccc2OC(F)(F)C(F)C(F)(F)F)c1. The number of para-hydroxylation sites is 2. The Kier molecular flexibility index (Phi) is 6.40. The van der Waals surface area contributed by atoms with E-state index >= 15 is 0 Å². The zero-order valence-electron chi connectivity index (χ0n) is 13.8. The number of hydrogen-bond donors (Lipinski definition) is 1. The molecule has 0 saturated carbocycles. The van der Waals surface area contributed by atoms with Gasteiger partial charge in [0.05, 0.1) is 9.40 Å². The topological polar surface area (TPSA) is 85.0 Å². The molecule has 0 spiro atoms. The third-order valence-electron chi connectivity index (χ3n) is 3.32. The van der Waals surface area contributed by atoms with Crippen LogP contribution in [0.4, 0.5) is 37.7 Å².